The third-order valence-electron chi connectivity index (χ3n) is 1.16. The van der Waals surface area contributed by atoms with Gasteiger partial charge in [-0.15, -0.1) is 0 Å². The van der Waals surface area contributed by atoms with Gasteiger partial charge in [-0.25, -0.2) is 4.39 Å². The van der Waals surface area contributed by atoms with Crippen LogP contribution in [-0.4, -0.2) is 11.9 Å². The molecule has 1 aromatic rings. The summed E-state index contributed by atoms with van der Waals surface area (Å²) in [7, 11) is 0. The summed E-state index contributed by atoms with van der Waals surface area (Å²) in [5.74, 6) is 0.0696. The van der Waals surface area contributed by atoms with Crippen LogP contribution >= 0.6 is 0 Å². The lowest BCUT2D eigenvalue weighted by Gasteiger charge is -2.01. The van der Waals surface area contributed by atoms with Gasteiger partial charge in [-0.3, -0.25) is 0 Å². The monoisotopic (exact) mass is 141 g/mol. The van der Waals surface area contributed by atoms with Gasteiger partial charge < -0.3 is 10.4 Å². The molecule has 0 aromatic heterocycles. The second-order valence-electron chi connectivity index (χ2n) is 1.83. The van der Waals surface area contributed by atoms with E-state index in [1.807, 2.05) is 0 Å². The number of hydrogen-bond acceptors (Lipinski definition) is 2. The molecule has 2 nitrogen and oxygen atoms in total. The highest BCUT2D eigenvalue weighted by molar-refractivity contribution is 5.54. The molecule has 54 valence electrons. The predicted octanol–water partition coefficient (Wildman–Crippen LogP) is 1.73. The first-order chi connectivity index (χ1) is 4.84. The van der Waals surface area contributed by atoms with E-state index in [1.165, 1.54) is 6.07 Å². The van der Waals surface area contributed by atoms with Crippen molar-refractivity contribution in [2.24, 2.45) is 0 Å². The zero-order valence-corrected chi connectivity index (χ0v) is 5.34. The Kier molecular flexibility index (Phi) is 2.10. The van der Waals surface area contributed by atoms with E-state index >= 15 is 0 Å². The van der Waals surface area contributed by atoms with Crippen LogP contribution < -0.4 is 5.32 Å². The van der Waals surface area contributed by atoms with E-state index in [1.54, 1.807) is 18.2 Å². The lowest BCUT2D eigenvalue weighted by molar-refractivity contribution is 0.473. The Bertz CT molecular complexity index is 215. The van der Waals surface area contributed by atoms with Crippen molar-refractivity contribution in [2.45, 2.75) is 0 Å². The van der Waals surface area contributed by atoms with Crippen LogP contribution in [0.25, 0.3) is 0 Å². The van der Waals surface area contributed by atoms with Crippen LogP contribution in [0.1, 0.15) is 0 Å². The molecule has 10 heavy (non-hydrogen) atoms. The molecule has 0 aliphatic heterocycles. The molecule has 0 saturated carbocycles. The fourth-order valence-electron chi connectivity index (χ4n) is 0.695. The molecule has 0 amide bonds. The Hall–Kier alpha value is -1.25. The van der Waals surface area contributed by atoms with Gasteiger partial charge in [0, 0.05) is 0 Å². The number of nitrogens with one attached hydrogen (secondary N) is 1. The minimum atomic E-state index is -0.669. The van der Waals surface area contributed by atoms with Gasteiger partial charge in [-0.1, -0.05) is 12.1 Å². The summed E-state index contributed by atoms with van der Waals surface area (Å²) in [5.41, 5.74) is 0.421. The number of phenolic OH excluding ortho intramolecular Hbond substituents is 1. The molecule has 0 unspecified atom stereocenters. The lowest BCUT2D eigenvalue weighted by Crippen LogP contribution is -1.94. The number of alkyl halides is 1. The number of rotatable bonds is 2. The first-order valence-electron chi connectivity index (χ1n) is 2.92. The van der Waals surface area contributed by atoms with Gasteiger partial charge in [0.1, 0.15) is 5.75 Å². The van der Waals surface area contributed by atoms with Gasteiger partial charge in [0.05, 0.1) is 5.69 Å². The zero-order chi connectivity index (χ0) is 7.40. The number of hydrogen-bond donors (Lipinski definition) is 2. The molecule has 1 rings (SSSR count). The van der Waals surface area contributed by atoms with Crippen LogP contribution in [0.2, 0.25) is 0 Å². The Balaban J connectivity index is 2.81. The Morgan fingerprint density at radius 3 is 2.70 bits per heavy atom. The van der Waals surface area contributed by atoms with Gasteiger partial charge in [-0.2, -0.15) is 0 Å². The van der Waals surface area contributed by atoms with E-state index in [2.05, 4.69) is 5.32 Å². The SMILES string of the molecule is Oc1ccccc1NCF. The second kappa shape index (κ2) is 3.06. The fraction of sp³-hybridized carbons (Fsp3) is 0.143. The molecule has 0 saturated heterocycles. The van der Waals surface area contributed by atoms with Crippen LogP contribution in [0.15, 0.2) is 24.3 Å². The molecule has 3 heteroatoms. The van der Waals surface area contributed by atoms with Gasteiger partial charge in [-0.05, 0) is 12.1 Å². The highest BCUT2D eigenvalue weighted by atomic mass is 19.1. The van der Waals surface area contributed by atoms with Gasteiger partial charge in [0.15, 0.2) is 6.80 Å². The summed E-state index contributed by atoms with van der Waals surface area (Å²) < 4.78 is 11.6. The molecule has 1 aromatic carbocycles. The normalized spacial score (nSPS) is 9.30. The van der Waals surface area contributed by atoms with Gasteiger partial charge in [0.2, 0.25) is 0 Å². The van der Waals surface area contributed by atoms with Crippen molar-refractivity contribution in [3.8, 4) is 5.75 Å². The van der Waals surface area contributed by atoms with Gasteiger partial charge >= 0.3 is 0 Å². The van der Waals surface area contributed by atoms with Crippen molar-refractivity contribution >= 4 is 5.69 Å². The predicted molar refractivity (Wildman–Crippen MR) is 37.7 cm³/mol. The topological polar surface area (TPSA) is 32.3 Å². The summed E-state index contributed by atoms with van der Waals surface area (Å²) in [6.45, 7) is -0.669. The number of phenols is 1. The summed E-state index contributed by atoms with van der Waals surface area (Å²) in [6.07, 6.45) is 0. The van der Waals surface area contributed by atoms with Gasteiger partial charge in [0.25, 0.3) is 0 Å². The standard InChI is InChI=1S/C7H8FNO/c8-5-9-6-3-1-2-4-7(6)10/h1-4,9-10H,5H2. The molecule has 0 bridgehead atoms. The number of benzene rings is 1. The van der Waals surface area contributed by atoms with E-state index < -0.39 is 6.80 Å². The quantitative estimate of drug-likeness (QED) is 0.485. The van der Waals surface area contributed by atoms with Crippen LogP contribution in [0, 0.1) is 0 Å². The molecule has 0 aliphatic rings. The summed E-state index contributed by atoms with van der Waals surface area (Å²) >= 11 is 0. The molecule has 0 heterocycles. The maximum atomic E-state index is 11.6. The van der Waals surface area contributed by atoms with Crippen LogP contribution in [0.5, 0.6) is 5.75 Å². The molecule has 0 aliphatic carbocycles. The van der Waals surface area contributed by atoms with Crippen molar-refractivity contribution in [1.29, 1.82) is 0 Å². The van der Waals surface area contributed by atoms with Crippen LogP contribution in [0.4, 0.5) is 10.1 Å². The third kappa shape index (κ3) is 1.37. The van der Waals surface area contributed by atoms with E-state index in [0.29, 0.717) is 5.69 Å². The maximum Gasteiger partial charge on any atom is 0.159 e. The van der Waals surface area contributed by atoms with E-state index in [0.717, 1.165) is 0 Å². The highest BCUT2D eigenvalue weighted by Gasteiger charge is 1.94. The Labute approximate surface area is 58.3 Å². The fourth-order valence-corrected chi connectivity index (χ4v) is 0.695. The first-order valence-corrected chi connectivity index (χ1v) is 2.92. The van der Waals surface area contributed by atoms with Crippen molar-refractivity contribution in [3.63, 3.8) is 0 Å². The van der Waals surface area contributed by atoms with Crippen LogP contribution in [0.3, 0.4) is 0 Å². The van der Waals surface area contributed by atoms with Crippen molar-refractivity contribution in [3.05, 3.63) is 24.3 Å². The molecular formula is C7H8FNO. The number of para-hydroxylation sites is 2. The molecule has 2 N–H and O–H groups in total. The number of anilines is 1. The first kappa shape index (κ1) is 6.86. The summed E-state index contributed by atoms with van der Waals surface area (Å²) in [4.78, 5) is 0. The molecule has 0 atom stereocenters. The number of halogens is 1. The second-order valence-corrected chi connectivity index (χ2v) is 1.83. The Morgan fingerprint density at radius 2 is 2.10 bits per heavy atom. The molecular weight excluding hydrogens is 133 g/mol. The average Bonchev–Trinajstić information content (AvgIpc) is 1.94. The molecule has 0 spiro atoms. The maximum absolute atomic E-state index is 11.6. The van der Waals surface area contributed by atoms with Crippen molar-refractivity contribution in [1.82, 2.24) is 0 Å². The minimum absolute atomic E-state index is 0.0696. The van der Waals surface area contributed by atoms with Crippen molar-refractivity contribution < 1.29 is 9.50 Å². The summed E-state index contributed by atoms with van der Waals surface area (Å²) in [6, 6.07) is 6.50. The van der Waals surface area contributed by atoms with Crippen molar-refractivity contribution in [2.75, 3.05) is 12.1 Å². The smallest absolute Gasteiger partial charge is 0.159 e. The third-order valence-corrected chi connectivity index (χ3v) is 1.16. The highest BCUT2D eigenvalue weighted by Crippen LogP contribution is 2.20. The van der Waals surface area contributed by atoms with E-state index in [-0.39, 0.29) is 5.75 Å². The molecule has 0 fully saturated rings. The lowest BCUT2D eigenvalue weighted by atomic mass is 10.3. The average molecular weight is 141 g/mol. The van der Waals surface area contributed by atoms with E-state index in [9.17, 15) is 4.39 Å². The Morgan fingerprint density at radius 1 is 1.40 bits per heavy atom. The largest absolute Gasteiger partial charge is 0.506 e. The zero-order valence-electron chi connectivity index (χ0n) is 5.34. The molecule has 0 radical (unpaired) electrons. The summed E-state index contributed by atoms with van der Waals surface area (Å²) in [5, 5.41) is 11.4. The number of aromatic hydroxyl groups is 1. The van der Waals surface area contributed by atoms with E-state index in [4.69, 9.17) is 5.11 Å². The minimum Gasteiger partial charge on any atom is -0.506 e. The van der Waals surface area contributed by atoms with Crippen LogP contribution in [-0.2, 0) is 0 Å².